The molecule has 4 N–H and O–H groups in total. The molecule has 2 unspecified atom stereocenters. The number of aromatic nitrogens is 2. The first-order chi connectivity index (χ1) is 18.8. The molecule has 2 atom stereocenters. The zero-order valence-electron chi connectivity index (χ0n) is 20.6. The molecule has 2 amide bonds. The van der Waals surface area contributed by atoms with Gasteiger partial charge in [-0.3, -0.25) is 0 Å². The molecule has 0 aliphatic rings. The third-order valence-electron chi connectivity index (χ3n) is 4.47. The zero-order chi connectivity index (χ0) is 28.3. The van der Waals surface area contributed by atoms with Gasteiger partial charge in [-0.25, -0.2) is 29.1 Å². The molecular weight excluding hydrogens is 589 g/mol. The van der Waals surface area contributed by atoms with E-state index in [9.17, 15) is 29.4 Å². The number of nitrogens with zero attached hydrogens (tertiary/aromatic N) is 2. The number of carboxylic acid groups (broad SMARTS) is 2. The van der Waals surface area contributed by atoms with Gasteiger partial charge in [0.2, 0.25) is 0 Å². The van der Waals surface area contributed by atoms with Crippen LogP contribution in [0.5, 0.6) is 0 Å². The van der Waals surface area contributed by atoms with Gasteiger partial charge in [0.15, 0.2) is 0 Å². The Morgan fingerprint density at radius 3 is 1.51 bits per heavy atom. The fraction of sp³-hybridized carbons (Fsp3) is 0.391. The molecule has 2 heterocycles. The molecule has 0 aromatic carbocycles. The van der Waals surface area contributed by atoms with Crippen LogP contribution in [-0.2, 0) is 19.1 Å². The smallest absolute Gasteiger partial charge is 0.407 e. The summed E-state index contributed by atoms with van der Waals surface area (Å²) in [7, 11) is 5.12. The Labute approximate surface area is 241 Å². The van der Waals surface area contributed by atoms with Crippen LogP contribution in [0.3, 0.4) is 0 Å². The van der Waals surface area contributed by atoms with E-state index < -0.39 is 36.2 Å². The van der Waals surface area contributed by atoms with E-state index in [1.165, 1.54) is 43.2 Å². The molecular formula is C23H28N4O8S4. The van der Waals surface area contributed by atoms with Gasteiger partial charge in [0.05, 0.1) is 13.2 Å². The highest BCUT2D eigenvalue weighted by Crippen LogP contribution is 2.30. The second kappa shape index (κ2) is 19.3. The molecule has 0 bridgehead atoms. The van der Waals surface area contributed by atoms with E-state index in [4.69, 9.17) is 9.47 Å². The summed E-state index contributed by atoms with van der Waals surface area (Å²) in [5.74, 6) is -2.11. The molecule has 212 valence electrons. The van der Waals surface area contributed by atoms with Gasteiger partial charge in [0, 0.05) is 23.9 Å². The van der Waals surface area contributed by atoms with E-state index in [2.05, 4.69) is 20.6 Å². The largest absolute Gasteiger partial charge is 0.480 e. The predicted molar refractivity (Wildman–Crippen MR) is 151 cm³/mol. The zero-order valence-corrected chi connectivity index (χ0v) is 23.9. The van der Waals surface area contributed by atoms with E-state index in [1.54, 1.807) is 36.7 Å². The van der Waals surface area contributed by atoms with Crippen molar-refractivity contribution in [3.05, 3.63) is 48.8 Å². The second-order valence-electron chi connectivity index (χ2n) is 7.47. The molecule has 16 heteroatoms. The summed E-state index contributed by atoms with van der Waals surface area (Å²) in [6, 6.07) is 8.55. The van der Waals surface area contributed by atoms with Gasteiger partial charge in [-0.1, -0.05) is 33.7 Å². The number of carbonyl (C=O) groups is 4. The second-order valence-corrected chi connectivity index (χ2v) is 12.2. The number of alkyl carbamates (subject to hydrolysis) is 2. The van der Waals surface area contributed by atoms with Crippen molar-refractivity contribution in [2.24, 2.45) is 0 Å². The van der Waals surface area contributed by atoms with Crippen molar-refractivity contribution in [2.45, 2.75) is 41.4 Å². The Bertz CT molecular complexity index is 958. The minimum atomic E-state index is -1.17. The predicted octanol–water partition coefficient (Wildman–Crippen LogP) is 4.19. The lowest BCUT2D eigenvalue weighted by Gasteiger charge is -2.14. The van der Waals surface area contributed by atoms with E-state index in [-0.39, 0.29) is 24.7 Å². The first-order valence-electron chi connectivity index (χ1n) is 11.6. The van der Waals surface area contributed by atoms with Crippen LogP contribution in [0, 0.1) is 0 Å². The van der Waals surface area contributed by atoms with Crippen LogP contribution in [0.2, 0.25) is 0 Å². The van der Waals surface area contributed by atoms with Gasteiger partial charge in [-0.05, 0) is 65.1 Å². The molecule has 39 heavy (non-hydrogen) atoms. The van der Waals surface area contributed by atoms with Crippen molar-refractivity contribution in [1.29, 1.82) is 0 Å². The third-order valence-corrected chi connectivity index (χ3v) is 9.02. The van der Waals surface area contributed by atoms with Crippen LogP contribution in [0.25, 0.3) is 0 Å². The van der Waals surface area contributed by atoms with Gasteiger partial charge < -0.3 is 30.3 Å². The summed E-state index contributed by atoms with van der Waals surface area (Å²) < 4.78 is 10.1. The number of unbranched alkanes of at least 4 members (excludes halogenated alkanes) is 2. The lowest BCUT2D eigenvalue weighted by atomic mass is 10.2. The molecule has 2 aromatic rings. The maximum Gasteiger partial charge on any atom is 0.407 e. The van der Waals surface area contributed by atoms with E-state index in [0.29, 0.717) is 19.3 Å². The summed E-state index contributed by atoms with van der Waals surface area (Å²) in [6.45, 7) is 0.124. The third kappa shape index (κ3) is 14.8. The van der Waals surface area contributed by atoms with Crippen LogP contribution in [-0.4, -0.2) is 81.1 Å². The molecule has 0 spiro atoms. The van der Waals surface area contributed by atoms with E-state index >= 15 is 0 Å². The Morgan fingerprint density at radius 1 is 0.718 bits per heavy atom. The number of ether oxygens (including phenoxy) is 2. The maximum absolute atomic E-state index is 11.9. The Balaban J connectivity index is 1.53. The van der Waals surface area contributed by atoms with Gasteiger partial charge in [-0.15, -0.1) is 0 Å². The lowest BCUT2D eigenvalue weighted by molar-refractivity contribution is -0.139. The summed E-state index contributed by atoms with van der Waals surface area (Å²) in [4.78, 5) is 54.9. The van der Waals surface area contributed by atoms with Crippen molar-refractivity contribution in [1.82, 2.24) is 20.6 Å². The minimum absolute atomic E-state index is 0.0620. The standard InChI is InChI=1S/C23H28N4O8S4/c28-20(29)16(14-36-38-18-8-2-4-10-24-18)26-22(32)34-12-6-1-7-13-35-23(33)27-17(21(30)31)15-37-39-19-9-3-5-11-25-19/h2-5,8-11,16-17H,1,6-7,12-15H2,(H,26,32)(H,27,33)(H,28,29)(H,30,31). The number of pyridine rings is 2. The first kappa shape index (κ1) is 32.4. The van der Waals surface area contributed by atoms with Crippen LogP contribution >= 0.6 is 43.2 Å². The summed E-state index contributed by atoms with van der Waals surface area (Å²) in [6.07, 6.45) is 3.11. The van der Waals surface area contributed by atoms with Gasteiger partial charge in [0.1, 0.15) is 22.1 Å². The van der Waals surface area contributed by atoms with Crippen LogP contribution in [0.15, 0.2) is 58.8 Å². The fourth-order valence-electron chi connectivity index (χ4n) is 2.55. The Hall–Kier alpha value is -2.82. The molecule has 0 saturated heterocycles. The molecule has 12 nitrogen and oxygen atoms in total. The lowest BCUT2D eigenvalue weighted by Crippen LogP contribution is -2.42. The number of nitrogens with one attached hydrogen (secondary N) is 2. The van der Waals surface area contributed by atoms with Crippen molar-refractivity contribution < 1.29 is 38.9 Å². The number of aliphatic carboxylic acids is 2. The van der Waals surface area contributed by atoms with Crippen LogP contribution in [0.4, 0.5) is 9.59 Å². The molecule has 0 radical (unpaired) electrons. The average molecular weight is 617 g/mol. The molecule has 0 fully saturated rings. The van der Waals surface area contributed by atoms with Crippen LogP contribution in [0.1, 0.15) is 19.3 Å². The average Bonchev–Trinajstić information content (AvgIpc) is 2.92. The molecule has 0 aliphatic heterocycles. The minimum Gasteiger partial charge on any atom is -0.480 e. The van der Waals surface area contributed by atoms with E-state index in [1.807, 2.05) is 12.1 Å². The van der Waals surface area contributed by atoms with Crippen molar-refractivity contribution in [3.8, 4) is 0 Å². The number of hydrogen-bond acceptors (Lipinski definition) is 12. The van der Waals surface area contributed by atoms with Gasteiger partial charge >= 0.3 is 24.1 Å². The molecule has 2 aromatic heterocycles. The highest BCUT2D eigenvalue weighted by atomic mass is 33.1. The fourth-order valence-corrected chi connectivity index (χ4v) is 6.66. The Kier molecular flexibility index (Phi) is 16.0. The summed E-state index contributed by atoms with van der Waals surface area (Å²) in [5, 5.41) is 24.7. The van der Waals surface area contributed by atoms with Crippen molar-refractivity contribution >= 4 is 67.3 Å². The van der Waals surface area contributed by atoms with Gasteiger partial charge in [0.25, 0.3) is 0 Å². The Morgan fingerprint density at radius 2 is 1.15 bits per heavy atom. The number of hydrogen-bond donors (Lipinski definition) is 4. The highest BCUT2D eigenvalue weighted by molar-refractivity contribution is 8.77. The van der Waals surface area contributed by atoms with Gasteiger partial charge in [-0.2, -0.15) is 0 Å². The number of carbonyl (C=O) groups excluding carboxylic acids is 2. The maximum atomic E-state index is 11.9. The van der Waals surface area contributed by atoms with E-state index in [0.717, 1.165) is 10.1 Å². The SMILES string of the molecule is O=C(NC(CSSc1ccccn1)C(=O)O)OCCCCCOC(=O)NC(CSSc1ccccn1)C(=O)O. The van der Waals surface area contributed by atoms with Crippen molar-refractivity contribution in [3.63, 3.8) is 0 Å². The summed E-state index contributed by atoms with van der Waals surface area (Å²) >= 11 is 0. The monoisotopic (exact) mass is 616 g/mol. The highest BCUT2D eigenvalue weighted by Gasteiger charge is 2.22. The molecule has 2 rings (SSSR count). The quantitative estimate of drug-likeness (QED) is 0.138. The normalized spacial score (nSPS) is 12.1. The van der Waals surface area contributed by atoms with Crippen molar-refractivity contribution in [2.75, 3.05) is 24.7 Å². The topological polar surface area (TPSA) is 177 Å². The molecule has 0 aliphatic carbocycles. The number of rotatable bonds is 18. The number of amides is 2. The summed E-state index contributed by atoms with van der Waals surface area (Å²) in [5.41, 5.74) is 0. The first-order valence-corrected chi connectivity index (χ1v) is 16.2. The number of carboxylic acids is 2. The van der Waals surface area contributed by atoms with Crippen LogP contribution < -0.4 is 10.6 Å². The molecule has 0 saturated carbocycles.